The first-order chi connectivity index (χ1) is 11.5. The molecule has 4 rings (SSSR count). The molecule has 1 saturated carbocycles. The molecule has 1 aliphatic heterocycles. The normalized spacial score (nSPS) is 27.5. The molecule has 2 unspecified atom stereocenters. The number of nitrogens with zero attached hydrogens (tertiary/aromatic N) is 4. The molecular weight excluding hydrogens is 306 g/mol. The second kappa shape index (κ2) is 5.73. The summed E-state index contributed by atoms with van der Waals surface area (Å²) in [6, 6.07) is 2.44. The molecule has 2 fully saturated rings. The average Bonchev–Trinajstić information content (AvgIpc) is 3.26. The van der Waals surface area contributed by atoms with E-state index in [4.69, 9.17) is 0 Å². The van der Waals surface area contributed by atoms with Crippen molar-refractivity contribution in [2.24, 2.45) is 11.8 Å². The number of nitrogens with one attached hydrogen (secondary N) is 1. The third-order valence-corrected chi connectivity index (χ3v) is 5.61. The molecule has 1 amide bonds. The largest absolute Gasteiger partial charge is 0.384 e. The Balaban J connectivity index is 1.47. The molecule has 2 aliphatic rings. The molecule has 0 bridgehead atoms. The minimum Gasteiger partial charge on any atom is -0.384 e. The van der Waals surface area contributed by atoms with E-state index < -0.39 is 6.10 Å². The van der Waals surface area contributed by atoms with Gasteiger partial charge in [-0.2, -0.15) is 0 Å². The summed E-state index contributed by atoms with van der Waals surface area (Å²) in [7, 11) is 2.10. The predicted molar refractivity (Wildman–Crippen MR) is 90.6 cm³/mol. The zero-order valence-electron chi connectivity index (χ0n) is 14.0. The van der Waals surface area contributed by atoms with Crippen LogP contribution in [0.3, 0.4) is 0 Å². The van der Waals surface area contributed by atoms with Crippen molar-refractivity contribution in [1.82, 2.24) is 19.9 Å². The van der Waals surface area contributed by atoms with Gasteiger partial charge in [0.05, 0.1) is 5.39 Å². The number of carbonyl (C=O) groups is 1. The molecule has 0 radical (unpaired) electrons. The summed E-state index contributed by atoms with van der Waals surface area (Å²) in [6.45, 7) is 3.08. The maximum atomic E-state index is 12.0. The van der Waals surface area contributed by atoms with Crippen molar-refractivity contribution in [1.29, 1.82) is 0 Å². The number of aliphatic hydroxyl groups excluding tert-OH is 1. The maximum Gasteiger partial charge on any atom is 0.251 e. The van der Waals surface area contributed by atoms with Crippen LogP contribution >= 0.6 is 0 Å². The Hall–Kier alpha value is -2.15. The molecule has 1 saturated heterocycles. The maximum absolute atomic E-state index is 12.0. The number of hydrogen-bond acceptors (Lipinski definition) is 5. The fraction of sp³-hybridized carbons (Fsp3) is 0.588. The SMILES string of the molecule is C[C@H](O)C(=O)N1CC2CC(N(C)c3ncnc4[nH]ccc34)CC2C1. The van der Waals surface area contributed by atoms with Crippen LogP contribution in [0.15, 0.2) is 18.6 Å². The van der Waals surface area contributed by atoms with Gasteiger partial charge in [-0.3, -0.25) is 4.79 Å². The van der Waals surface area contributed by atoms with Gasteiger partial charge in [-0.1, -0.05) is 0 Å². The molecule has 2 aromatic rings. The van der Waals surface area contributed by atoms with E-state index in [0.29, 0.717) is 17.9 Å². The molecule has 0 spiro atoms. The summed E-state index contributed by atoms with van der Waals surface area (Å²) in [5.41, 5.74) is 0.860. The minimum atomic E-state index is -0.898. The number of aromatic nitrogens is 3. The van der Waals surface area contributed by atoms with Gasteiger partial charge < -0.3 is 19.9 Å². The Morgan fingerprint density at radius 3 is 2.75 bits per heavy atom. The van der Waals surface area contributed by atoms with Crippen molar-refractivity contribution >= 4 is 22.8 Å². The summed E-state index contributed by atoms with van der Waals surface area (Å²) in [5.74, 6) is 1.86. The number of H-pyrrole nitrogens is 1. The fourth-order valence-electron chi connectivity index (χ4n) is 4.34. The second-order valence-electron chi connectivity index (χ2n) is 7.11. The third-order valence-electron chi connectivity index (χ3n) is 5.61. The van der Waals surface area contributed by atoms with Crippen LogP contribution in [-0.4, -0.2) is 63.1 Å². The molecule has 2 aromatic heterocycles. The molecule has 0 aromatic carbocycles. The number of rotatable bonds is 3. The van der Waals surface area contributed by atoms with Gasteiger partial charge in [0, 0.05) is 32.4 Å². The van der Waals surface area contributed by atoms with E-state index in [1.807, 2.05) is 17.2 Å². The Labute approximate surface area is 140 Å². The molecular formula is C17H23N5O2. The first kappa shape index (κ1) is 15.4. The first-order valence-electron chi connectivity index (χ1n) is 8.52. The van der Waals surface area contributed by atoms with Gasteiger partial charge in [-0.15, -0.1) is 0 Å². The molecule has 2 N–H and O–H groups in total. The van der Waals surface area contributed by atoms with E-state index in [2.05, 4.69) is 26.9 Å². The van der Waals surface area contributed by atoms with E-state index in [-0.39, 0.29) is 5.91 Å². The lowest BCUT2D eigenvalue weighted by molar-refractivity contribution is -0.138. The topological polar surface area (TPSA) is 85.3 Å². The van der Waals surface area contributed by atoms with Crippen LogP contribution < -0.4 is 4.90 Å². The highest BCUT2D eigenvalue weighted by molar-refractivity contribution is 5.87. The molecule has 3 atom stereocenters. The van der Waals surface area contributed by atoms with Crippen LogP contribution in [0.5, 0.6) is 0 Å². The number of amides is 1. The average molecular weight is 329 g/mol. The van der Waals surface area contributed by atoms with Crippen molar-refractivity contribution in [3.8, 4) is 0 Å². The number of hydrogen-bond donors (Lipinski definition) is 2. The van der Waals surface area contributed by atoms with E-state index in [9.17, 15) is 9.90 Å². The van der Waals surface area contributed by atoms with E-state index in [1.165, 1.54) is 0 Å². The Morgan fingerprint density at radius 1 is 1.38 bits per heavy atom. The minimum absolute atomic E-state index is 0.140. The Bertz CT molecular complexity index is 744. The van der Waals surface area contributed by atoms with Crippen molar-refractivity contribution in [3.63, 3.8) is 0 Å². The van der Waals surface area contributed by atoms with Gasteiger partial charge in [0.15, 0.2) is 0 Å². The van der Waals surface area contributed by atoms with Gasteiger partial charge in [-0.05, 0) is 37.7 Å². The Kier molecular flexibility index (Phi) is 3.68. The zero-order chi connectivity index (χ0) is 16.8. The number of likely N-dealkylation sites (tertiary alicyclic amines) is 1. The zero-order valence-corrected chi connectivity index (χ0v) is 14.0. The van der Waals surface area contributed by atoms with E-state index >= 15 is 0 Å². The van der Waals surface area contributed by atoms with Gasteiger partial charge >= 0.3 is 0 Å². The van der Waals surface area contributed by atoms with Crippen molar-refractivity contribution in [2.75, 3.05) is 25.0 Å². The third kappa shape index (κ3) is 2.43. The highest BCUT2D eigenvalue weighted by Crippen LogP contribution is 2.41. The van der Waals surface area contributed by atoms with E-state index in [1.54, 1.807) is 13.3 Å². The fourth-order valence-corrected chi connectivity index (χ4v) is 4.34. The summed E-state index contributed by atoms with van der Waals surface area (Å²) in [4.78, 5) is 27.9. The number of aliphatic hydroxyl groups is 1. The summed E-state index contributed by atoms with van der Waals surface area (Å²) < 4.78 is 0. The highest BCUT2D eigenvalue weighted by Gasteiger charge is 2.44. The number of fused-ring (bicyclic) bond motifs is 2. The molecule has 24 heavy (non-hydrogen) atoms. The lowest BCUT2D eigenvalue weighted by Gasteiger charge is -2.28. The quantitative estimate of drug-likeness (QED) is 0.878. The van der Waals surface area contributed by atoms with Crippen LogP contribution in [0.4, 0.5) is 5.82 Å². The Morgan fingerprint density at radius 2 is 2.08 bits per heavy atom. The molecule has 7 nitrogen and oxygen atoms in total. The van der Waals surface area contributed by atoms with Crippen LogP contribution in [0.1, 0.15) is 19.8 Å². The standard InChI is InChI=1S/C17H23N5O2/c1-10(23)17(24)22-7-11-5-13(6-12(11)8-22)21(2)16-14-3-4-18-15(14)19-9-20-16/h3-4,9-13,23H,5-8H2,1-2H3,(H,18,19,20)/t10-,11?,12?,13?/m0/s1. The summed E-state index contributed by atoms with van der Waals surface area (Å²) in [5, 5.41) is 10.5. The number of anilines is 1. The van der Waals surface area contributed by atoms with Crippen LogP contribution in [0, 0.1) is 11.8 Å². The summed E-state index contributed by atoms with van der Waals surface area (Å²) >= 11 is 0. The number of aromatic amines is 1. The van der Waals surface area contributed by atoms with Gasteiger partial charge in [-0.25, -0.2) is 9.97 Å². The van der Waals surface area contributed by atoms with Crippen LogP contribution in [0.2, 0.25) is 0 Å². The van der Waals surface area contributed by atoms with Crippen LogP contribution in [0.25, 0.3) is 11.0 Å². The van der Waals surface area contributed by atoms with Crippen molar-refractivity contribution in [2.45, 2.75) is 31.9 Å². The van der Waals surface area contributed by atoms with E-state index in [0.717, 1.165) is 42.8 Å². The lowest BCUT2D eigenvalue weighted by atomic mass is 10.0. The molecule has 1 aliphatic carbocycles. The van der Waals surface area contributed by atoms with Crippen LogP contribution in [-0.2, 0) is 4.79 Å². The highest BCUT2D eigenvalue weighted by atomic mass is 16.3. The molecule has 128 valence electrons. The number of carbonyl (C=O) groups excluding carboxylic acids is 1. The van der Waals surface area contributed by atoms with Gasteiger partial charge in [0.25, 0.3) is 5.91 Å². The van der Waals surface area contributed by atoms with Crippen molar-refractivity contribution < 1.29 is 9.90 Å². The second-order valence-corrected chi connectivity index (χ2v) is 7.11. The predicted octanol–water partition coefficient (Wildman–Crippen LogP) is 1.01. The molecule has 7 heteroatoms. The van der Waals surface area contributed by atoms with Crippen molar-refractivity contribution in [3.05, 3.63) is 18.6 Å². The van der Waals surface area contributed by atoms with Gasteiger partial charge in [0.2, 0.25) is 0 Å². The smallest absolute Gasteiger partial charge is 0.251 e. The molecule has 3 heterocycles. The van der Waals surface area contributed by atoms with Gasteiger partial charge in [0.1, 0.15) is 23.9 Å². The summed E-state index contributed by atoms with van der Waals surface area (Å²) in [6.07, 6.45) is 4.70. The first-order valence-corrected chi connectivity index (χ1v) is 8.52. The lowest BCUT2D eigenvalue weighted by Crippen LogP contribution is -2.38. The monoisotopic (exact) mass is 329 g/mol.